The normalized spacial score (nSPS) is 11.3. The maximum atomic E-state index is 8.28. The Balaban J connectivity index is 2.92. The molecule has 1 heterocycles. The van der Waals surface area contributed by atoms with E-state index in [1.807, 2.05) is 0 Å². The first-order valence-electron chi connectivity index (χ1n) is 3.02. The van der Waals surface area contributed by atoms with Crippen molar-refractivity contribution in [2.24, 2.45) is 5.16 Å². The fraction of sp³-hybridized carbons (Fsp3) is 0.167. The summed E-state index contributed by atoms with van der Waals surface area (Å²) in [5.74, 6) is 0. The van der Waals surface area contributed by atoms with Crippen molar-refractivity contribution < 1.29 is 9.94 Å². The summed E-state index contributed by atoms with van der Waals surface area (Å²) in [6.07, 6.45) is 2.79. The zero-order valence-corrected chi connectivity index (χ0v) is 6.99. The lowest BCUT2D eigenvalue weighted by atomic mass is 10.4. The van der Waals surface area contributed by atoms with Crippen LogP contribution in [0.2, 0.25) is 0 Å². The van der Waals surface area contributed by atoms with Crippen LogP contribution < -0.4 is 4.74 Å². The number of halogens is 1. The molecule has 0 aliphatic rings. The molecule has 0 spiro atoms. The van der Waals surface area contributed by atoms with Gasteiger partial charge in [0.05, 0.1) is 12.7 Å². The van der Waals surface area contributed by atoms with Crippen LogP contribution in [0.5, 0.6) is 6.01 Å². The summed E-state index contributed by atoms with van der Waals surface area (Å²) < 4.78 is 4.71. The third kappa shape index (κ3) is 1.82. The summed E-state index contributed by atoms with van der Waals surface area (Å²) in [6.45, 7) is 0. The van der Waals surface area contributed by atoms with Gasteiger partial charge in [-0.1, -0.05) is 16.8 Å². The number of oxime groups is 1. The van der Waals surface area contributed by atoms with E-state index in [1.54, 1.807) is 0 Å². The summed E-state index contributed by atoms with van der Waals surface area (Å²) in [4.78, 5) is 7.51. The molecular formula is C6H6ClN3O2. The minimum atomic E-state index is -0.0577. The third-order valence-electron chi connectivity index (χ3n) is 1.14. The molecule has 64 valence electrons. The van der Waals surface area contributed by atoms with E-state index in [-0.39, 0.29) is 11.2 Å². The van der Waals surface area contributed by atoms with E-state index >= 15 is 0 Å². The second-order valence-corrected chi connectivity index (χ2v) is 2.21. The number of rotatable bonds is 2. The van der Waals surface area contributed by atoms with Crippen molar-refractivity contribution in [3.05, 3.63) is 18.0 Å². The molecule has 5 nitrogen and oxygen atoms in total. The minimum absolute atomic E-state index is 0.0577. The summed E-state index contributed by atoms with van der Waals surface area (Å²) in [6, 6.07) is 0.237. The number of hydrogen-bond acceptors (Lipinski definition) is 5. The lowest BCUT2D eigenvalue weighted by Crippen LogP contribution is -1.96. The topological polar surface area (TPSA) is 67.6 Å². The molecule has 0 aromatic carbocycles. The van der Waals surface area contributed by atoms with Crippen molar-refractivity contribution >= 4 is 16.8 Å². The van der Waals surface area contributed by atoms with Crippen molar-refractivity contribution in [3.63, 3.8) is 0 Å². The van der Waals surface area contributed by atoms with Crippen LogP contribution in [-0.2, 0) is 0 Å². The van der Waals surface area contributed by atoms with Gasteiger partial charge in [0.2, 0.25) is 0 Å². The van der Waals surface area contributed by atoms with Crippen molar-refractivity contribution in [1.82, 2.24) is 9.97 Å². The molecule has 0 aliphatic heterocycles. The van der Waals surface area contributed by atoms with Crippen molar-refractivity contribution in [2.75, 3.05) is 7.11 Å². The van der Waals surface area contributed by atoms with Gasteiger partial charge in [-0.05, 0) is 0 Å². The Bertz CT molecular complexity index is 285. The molecule has 1 rings (SSSR count). The molecule has 1 aromatic rings. The first-order chi connectivity index (χ1) is 5.77. The van der Waals surface area contributed by atoms with E-state index in [0.29, 0.717) is 5.56 Å². The molecule has 1 aromatic heterocycles. The van der Waals surface area contributed by atoms with Crippen molar-refractivity contribution in [1.29, 1.82) is 0 Å². The standard InChI is InChI=1S/C6H6ClN3O2/c1-12-6-8-2-4(3-9-6)5(7)10-11/h2-3,11H,1H3. The number of ether oxygens (including phenoxy) is 1. The third-order valence-corrected chi connectivity index (χ3v) is 1.43. The first kappa shape index (κ1) is 8.73. The predicted molar refractivity (Wildman–Crippen MR) is 42.8 cm³/mol. The molecule has 0 fully saturated rings. The minimum Gasteiger partial charge on any atom is -0.467 e. The zero-order valence-electron chi connectivity index (χ0n) is 6.23. The molecule has 0 bridgehead atoms. The average Bonchev–Trinajstić information content (AvgIpc) is 2.17. The number of methoxy groups -OCH3 is 1. The molecular weight excluding hydrogens is 182 g/mol. The monoisotopic (exact) mass is 187 g/mol. The van der Waals surface area contributed by atoms with Crippen molar-refractivity contribution in [3.8, 4) is 6.01 Å². The predicted octanol–water partition coefficient (Wildman–Crippen LogP) is 0.860. The molecule has 0 unspecified atom stereocenters. The van der Waals surface area contributed by atoms with Crippen LogP contribution in [-0.4, -0.2) is 27.5 Å². The van der Waals surface area contributed by atoms with E-state index in [9.17, 15) is 0 Å². The van der Waals surface area contributed by atoms with Crippen LogP contribution in [0.3, 0.4) is 0 Å². The number of aromatic nitrogens is 2. The highest BCUT2D eigenvalue weighted by molar-refractivity contribution is 6.69. The Kier molecular flexibility index (Phi) is 2.82. The van der Waals surface area contributed by atoms with Gasteiger partial charge in [-0.2, -0.15) is 0 Å². The highest BCUT2D eigenvalue weighted by atomic mass is 35.5. The Hall–Kier alpha value is -1.36. The molecule has 0 amide bonds. The quantitative estimate of drug-likeness (QED) is 0.424. The van der Waals surface area contributed by atoms with E-state index in [4.69, 9.17) is 21.5 Å². The highest BCUT2D eigenvalue weighted by Gasteiger charge is 2.01. The Labute approximate surface area is 73.7 Å². The fourth-order valence-corrected chi connectivity index (χ4v) is 0.683. The van der Waals surface area contributed by atoms with Gasteiger partial charge in [0, 0.05) is 12.4 Å². The lowest BCUT2D eigenvalue weighted by Gasteiger charge is -1.97. The van der Waals surface area contributed by atoms with Crippen LogP contribution in [0.1, 0.15) is 5.56 Å². The Morgan fingerprint density at radius 1 is 1.58 bits per heavy atom. The Morgan fingerprint density at radius 2 is 2.17 bits per heavy atom. The largest absolute Gasteiger partial charge is 0.467 e. The van der Waals surface area contributed by atoms with Crippen LogP contribution in [0, 0.1) is 0 Å². The molecule has 0 aliphatic carbocycles. The molecule has 1 N–H and O–H groups in total. The second kappa shape index (κ2) is 3.87. The SMILES string of the molecule is COc1ncc(C(Cl)=NO)cn1. The molecule has 0 saturated carbocycles. The maximum Gasteiger partial charge on any atom is 0.316 e. The summed E-state index contributed by atoms with van der Waals surface area (Å²) in [5.41, 5.74) is 0.431. The second-order valence-electron chi connectivity index (χ2n) is 1.85. The van der Waals surface area contributed by atoms with Gasteiger partial charge in [0.15, 0.2) is 5.17 Å². The van der Waals surface area contributed by atoms with Crippen LogP contribution >= 0.6 is 11.6 Å². The molecule has 12 heavy (non-hydrogen) atoms. The van der Waals surface area contributed by atoms with E-state index < -0.39 is 0 Å². The zero-order chi connectivity index (χ0) is 8.97. The lowest BCUT2D eigenvalue weighted by molar-refractivity contribution is 0.320. The van der Waals surface area contributed by atoms with Gasteiger partial charge in [-0.15, -0.1) is 0 Å². The number of nitrogens with zero attached hydrogens (tertiary/aromatic N) is 3. The first-order valence-corrected chi connectivity index (χ1v) is 3.39. The van der Waals surface area contributed by atoms with E-state index in [1.165, 1.54) is 19.5 Å². The highest BCUT2D eigenvalue weighted by Crippen LogP contribution is 2.04. The molecule has 0 saturated heterocycles. The molecule has 0 radical (unpaired) electrons. The Morgan fingerprint density at radius 3 is 2.58 bits per heavy atom. The van der Waals surface area contributed by atoms with Gasteiger partial charge < -0.3 is 9.94 Å². The van der Waals surface area contributed by atoms with E-state index in [2.05, 4.69) is 15.1 Å². The van der Waals surface area contributed by atoms with Gasteiger partial charge in [-0.3, -0.25) is 0 Å². The smallest absolute Gasteiger partial charge is 0.316 e. The molecule has 0 atom stereocenters. The maximum absolute atomic E-state index is 8.28. The van der Waals surface area contributed by atoms with Crippen LogP contribution in [0.4, 0.5) is 0 Å². The van der Waals surface area contributed by atoms with Crippen molar-refractivity contribution in [2.45, 2.75) is 0 Å². The summed E-state index contributed by atoms with van der Waals surface area (Å²) in [5, 5.41) is 11.0. The van der Waals surface area contributed by atoms with Crippen LogP contribution in [0.15, 0.2) is 17.5 Å². The van der Waals surface area contributed by atoms with E-state index in [0.717, 1.165) is 0 Å². The summed E-state index contributed by atoms with van der Waals surface area (Å²) in [7, 11) is 1.46. The van der Waals surface area contributed by atoms with Gasteiger partial charge in [0.25, 0.3) is 0 Å². The van der Waals surface area contributed by atoms with Gasteiger partial charge in [-0.25, -0.2) is 9.97 Å². The average molecular weight is 188 g/mol. The fourth-order valence-electron chi connectivity index (χ4n) is 0.586. The van der Waals surface area contributed by atoms with Gasteiger partial charge >= 0.3 is 6.01 Å². The van der Waals surface area contributed by atoms with Gasteiger partial charge in [0.1, 0.15) is 0 Å². The number of hydrogen-bond donors (Lipinski definition) is 1. The molecule has 6 heteroatoms. The van der Waals surface area contributed by atoms with Crippen LogP contribution in [0.25, 0.3) is 0 Å². The summed E-state index contributed by atoms with van der Waals surface area (Å²) >= 11 is 5.47.